The van der Waals surface area contributed by atoms with Gasteiger partial charge in [0.1, 0.15) is 0 Å². The maximum absolute atomic E-state index is 11.0. The average Bonchev–Trinajstić information content (AvgIpc) is 2.80. The molecule has 2 rings (SSSR count). The van der Waals surface area contributed by atoms with Gasteiger partial charge in [-0.2, -0.15) is 0 Å². The molecule has 0 radical (unpaired) electrons. The topological polar surface area (TPSA) is 83.7 Å². The van der Waals surface area contributed by atoms with Crippen LogP contribution in [0.15, 0.2) is 18.2 Å². The van der Waals surface area contributed by atoms with E-state index in [1.54, 1.807) is 12.1 Å². The Hall–Kier alpha value is -1.66. The molecule has 1 fully saturated rings. The molecule has 1 aromatic carbocycles. The molecule has 102 valence electrons. The second-order valence-electron chi connectivity index (χ2n) is 4.59. The zero-order valence-electron chi connectivity index (χ0n) is 10.1. The van der Waals surface area contributed by atoms with Crippen LogP contribution >= 0.6 is 11.6 Å². The van der Waals surface area contributed by atoms with Crippen LogP contribution in [0.1, 0.15) is 12.0 Å². The summed E-state index contributed by atoms with van der Waals surface area (Å²) < 4.78 is 0. The Labute approximate surface area is 114 Å². The second kappa shape index (κ2) is 5.54. The summed E-state index contributed by atoms with van der Waals surface area (Å²) in [4.78, 5) is 23.3. The molecule has 1 unspecified atom stereocenters. The van der Waals surface area contributed by atoms with Crippen molar-refractivity contribution in [2.75, 3.05) is 13.1 Å². The molecule has 7 heteroatoms. The van der Waals surface area contributed by atoms with Crippen LogP contribution in [-0.2, 0) is 11.3 Å². The van der Waals surface area contributed by atoms with Crippen LogP contribution in [0, 0.1) is 16.0 Å². The number of hydrogen-bond donors (Lipinski definition) is 1. The first kappa shape index (κ1) is 13.8. The van der Waals surface area contributed by atoms with Gasteiger partial charge in [-0.15, -0.1) is 0 Å². The molecule has 0 aromatic heterocycles. The van der Waals surface area contributed by atoms with Crippen molar-refractivity contribution in [2.45, 2.75) is 13.0 Å². The van der Waals surface area contributed by atoms with Gasteiger partial charge >= 0.3 is 5.97 Å². The normalized spacial score (nSPS) is 19.5. The number of benzene rings is 1. The van der Waals surface area contributed by atoms with Gasteiger partial charge in [0.05, 0.1) is 10.8 Å². The largest absolute Gasteiger partial charge is 0.481 e. The highest BCUT2D eigenvalue weighted by atomic mass is 35.5. The molecule has 0 saturated carbocycles. The predicted octanol–water partition coefficient (Wildman–Crippen LogP) is 2.15. The molecule has 0 spiro atoms. The van der Waals surface area contributed by atoms with Crippen LogP contribution in [0.5, 0.6) is 0 Å². The SMILES string of the molecule is O=C(O)C1CCN(Cc2ccc(Cl)cc2[N+](=O)[O-])C1. The summed E-state index contributed by atoms with van der Waals surface area (Å²) in [5, 5.41) is 20.2. The number of likely N-dealkylation sites (tertiary alicyclic amines) is 1. The van der Waals surface area contributed by atoms with Crippen LogP contribution in [0.4, 0.5) is 5.69 Å². The van der Waals surface area contributed by atoms with Crippen molar-refractivity contribution in [1.29, 1.82) is 0 Å². The lowest BCUT2D eigenvalue weighted by atomic mass is 10.1. The highest BCUT2D eigenvalue weighted by Gasteiger charge is 2.29. The fourth-order valence-electron chi connectivity index (χ4n) is 2.26. The van der Waals surface area contributed by atoms with Crippen molar-refractivity contribution >= 4 is 23.3 Å². The van der Waals surface area contributed by atoms with Crippen molar-refractivity contribution < 1.29 is 14.8 Å². The van der Waals surface area contributed by atoms with Crippen molar-refractivity contribution in [3.63, 3.8) is 0 Å². The molecular formula is C12H13ClN2O4. The molecule has 1 heterocycles. The summed E-state index contributed by atoms with van der Waals surface area (Å²) in [6.07, 6.45) is 0.580. The molecule has 0 bridgehead atoms. The third-order valence-electron chi connectivity index (χ3n) is 3.26. The lowest BCUT2D eigenvalue weighted by Crippen LogP contribution is -2.23. The number of carboxylic acid groups (broad SMARTS) is 1. The van der Waals surface area contributed by atoms with Crippen molar-refractivity contribution in [3.8, 4) is 0 Å². The number of aliphatic carboxylic acids is 1. The Morgan fingerprint density at radius 2 is 2.32 bits per heavy atom. The van der Waals surface area contributed by atoms with E-state index in [0.29, 0.717) is 36.6 Å². The van der Waals surface area contributed by atoms with Crippen molar-refractivity contribution in [3.05, 3.63) is 38.9 Å². The standard InChI is InChI=1S/C12H13ClN2O4/c13-10-2-1-8(11(5-10)15(18)19)6-14-4-3-9(7-14)12(16)17/h1-2,5,9H,3-4,6-7H2,(H,16,17). The molecule has 19 heavy (non-hydrogen) atoms. The van der Waals surface area contributed by atoms with Crippen LogP contribution < -0.4 is 0 Å². The van der Waals surface area contributed by atoms with Crippen LogP contribution in [0.3, 0.4) is 0 Å². The van der Waals surface area contributed by atoms with Crippen LogP contribution in [-0.4, -0.2) is 34.0 Å². The van der Waals surface area contributed by atoms with Gasteiger partial charge in [0.2, 0.25) is 0 Å². The van der Waals surface area contributed by atoms with Gasteiger partial charge in [-0.3, -0.25) is 19.8 Å². The van der Waals surface area contributed by atoms with Gasteiger partial charge in [-0.25, -0.2) is 0 Å². The maximum Gasteiger partial charge on any atom is 0.307 e. The zero-order chi connectivity index (χ0) is 14.0. The van der Waals surface area contributed by atoms with E-state index in [2.05, 4.69) is 0 Å². The number of nitro groups is 1. The van der Waals surface area contributed by atoms with E-state index in [1.165, 1.54) is 6.07 Å². The van der Waals surface area contributed by atoms with E-state index in [4.69, 9.17) is 16.7 Å². The number of rotatable bonds is 4. The highest BCUT2D eigenvalue weighted by Crippen LogP contribution is 2.26. The van der Waals surface area contributed by atoms with Crippen LogP contribution in [0.25, 0.3) is 0 Å². The monoisotopic (exact) mass is 284 g/mol. The lowest BCUT2D eigenvalue weighted by Gasteiger charge is -2.15. The molecule has 1 N–H and O–H groups in total. The Morgan fingerprint density at radius 1 is 1.58 bits per heavy atom. The predicted molar refractivity (Wildman–Crippen MR) is 69.1 cm³/mol. The first-order valence-electron chi connectivity index (χ1n) is 5.85. The summed E-state index contributed by atoms with van der Waals surface area (Å²) >= 11 is 5.75. The summed E-state index contributed by atoms with van der Waals surface area (Å²) in [6.45, 7) is 1.43. The Kier molecular flexibility index (Phi) is 4.01. The number of carbonyl (C=O) groups is 1. The summed E-state index contributed by atoms with van der Waals surface area (Å²) in [5.74, 6) is -1.19. The Morgan fingerprint density at radius 3 is 2.89 bits per heavy atom. The van der Waals surface area contributed by atoms with Gasteiger partial charge in [-0.05, 0) is 25.1 Å². The van der Waals surface area contributed by atoms with E-state index in [-0.39, 0.29) is 11.6 Å². The molecule has 1 aliphatic rings. The number of carboxylic acids is 1. The minimum Gasteiger partial charge on any atom is -0.481 e. The zero-order valence-corrected chi connectivity index (χ0v) is 10.8. The van der Waals surface area contributed by atoms with E-state index < -0.39 is 10.9 Å². The fourth-order valence-corrected chi connectivity index (χ4v) is 2.43. The third kappa shape index (κ3) is 3.21. The van der Waals surface area contributed by atoms with Gasteiger partial charge in [-0.1, -0.05) is 11.6 Å². The smallest absolute Gasteiger partial charge is 0.307 e. The first-order chi connectivity index (χ1) is 8.97. The van der Waals surface area contributed by atoms with Gasteiger partial charge in [0.15, 0.2) is 0 Å². The van der Waals surface area contributed by atoms with E-state index >= 15 is 0 Å². The number of halogens is 1. The molecule has 1 atom stereocenters. The summed E-state index contributed by atoms with van der Waals surface area (Å²) in [5.41, 5.74) is 0.534. The first-order valence-corrected chi connectivity index (χ1v) is 6.23. The number of hydrogen-bond acceptors (Lipinski definition) is 4. The average molecular weight is 285 g/mol. The molecule has 1 aliphatic heterocycles. The quantitative estimate of drug-likeness (QED) is 0.676. The third-order valence-corrected chi connectivity index (χ3v) is 3.49. The fraction of sp³-hybridized carbons (Fsp3) is 0.417. The Bertz CT molecular complexity index is 520. The molecule has 0 aliphatic carbocycles. The number of nitrogens with zero attached hydrogens (tertiary/aromatic N) is 2. The lowest BCUT2D eigenvalue weighted by molar-refractivity contribution is -0.385. The maximum atomic E-state index is 11.0. The van der Waals surface area contributed by atoms with Gasteiger partial charge in [0.25, 0.3) is 5.69 Å². The van der Waals surface area contributed by atoms with E-state index in [1.807, 2.05) is 4.90 Å². The van der Waals surface area contributed by atoms with E-state index in [0.717, 1.165) is 0 Å². The van der Waals surface area contributed by atoms with Gasteiger partial charge in [0, 0.05) is 29.7 Å². The molecule has 6 nitrogen and oxygen atoms in total. The van der Waals surface area contributed by atoms with Gasteiger partial charge < -0.3 is 5.11 Å². The van der Waals surface area contributed by atoms with E-state index in [9.17, 15) is 14.9 Å². The molecule has 1 aromatic rings. The van der Waals surface area contributed by atoms with Crippen LogP contribution in [0.2, 0.25) is 5.02 Å². The summed E-state index contributed by atoms with van der Waals surface area (Å²) in [7, 11) is 0. The molecule has 0 amide bonds. The molecular weight excluding hydrogens is 272 g/mol. The molecule has 1 saturated heterocycles. The highest BCUT2D eigenvalue weighted by molar-refractivity contribution is 6.30. The van der Waals surface area contributed by atoms with Crippen molar-refractivity contribution in [2.24, 2.45) is 5.92 Å². The van der Waals surface area contributed by atoms with Crippen molar-refractivity contribution in [1.82, 2.24) is 4.90 Å². The minimum atomic E-state index is -0.812. The Balaban J connectivity index is 2.12. The summed E-state index contributed by atoms with van der Waals surface area (Å²) in [6, 6.07) is 4.55. The minimum absolute atomic E-state index is 0.0220. The second-order valence-corrected chi connectivity index (χ2v) is 5.03. The number of nitro benzene ring substituents is 1.